The zero-order valence-corrected chi connectivity index (χ0v) is 12.2. The van der Waals surface area contributed by atoms with E-state index < -0.39 is 4.92 Å². The van der Waals surface area contributed by atoms with Gasteiger partial charge in [-0.15, -0.1) is 0 Å². The van der Waals surface area contributed by atoms with Crippen LogP contribution in [0.2, 0.25) is 0 Å². The van der Waals surface area contributed by atoms with E-state index in [1.54, 1.807) is 17.0 Å². The summed E-state index contributed by atoms with van der Waals surface area (Å²) in [5, 5.41) is 10.6. The van der Waals surface area contributed by atoms with Gasteiger partial charge in [-0.1, -0.05) is 12.2 Å². The van der Waals surface area contributed by atoms with Crippen LogP contribution < -0.4 is 0 Å². The van der Waals surface area contributed by atoms with Crippen molar-refractivity contribution in [2.24, 2.45) is 0 Å². The molecule has 0 radical (unpaired) electrons. The van der Waals surface area contributed by atoms with Gasteiger partial charge in [0, 0.05) is 38.8 Å². The summed E-state index contributed by atoms with van der Waals surface area (Å²) in [6.45, 7) is 4.21. The SMILES string of the molecule is C[C@@H]1C(=O)N(C)CCN1C/C=C/c1ccc([N+](=O)[O-])cc1. The van der Waals surface area contributed by atoms with Crippen molar-refractivity contribution in [1.82, 2.24) is 9.80 Å². The molecule has 0 bridgehead atoms. The summed E-state index contributed by atoms with van der Waals surface area (Å²) in [6.07, 6.45) is 3.90. The molecule has 1 atom stereocenters. The molecule has 0 aromatic heterocycles. The predicted octanol–water partition coefficient (Wildman–Crippen LogP) is 1.77. The highest BCUT2D eigenvalue weighted by atomic mass is 16.6. The zero-order chi connectivity index (χ0) is 15.4. The van der Waals surface area contributed by atoms with Crippen molar-refractivity contribution in [3.05, 3.63) is 46.0 Å². The maximum atomic E-state index is 11.9. The van der Waals surface area contributed by atoms with E-state index in [4.69, 9.17) is 0 Å². The van der Waals surface area contributed by atoms with Crippen molar-refractivity contribution in [2.75, 3.05) is 26.7 Å². The summed E-state index contributed by atoms with van der Waals surface area (Å²) in [5.74, 6) is 0.144. The summed E-state index contributed by atoms with van der Waals surface area (Å²) >= 11 is 0. The third kappa shape index (κ3) is 3.66. The number of hydrogen-bond acceptors (Lipinski definition) is 4. The van der Waals surface area contributed by atoms with Crippen LogP contribution in [0, 0.1) is 10.1 Å². The van der Waals surface area contributed by atoms with Gasteiger partial charge in [-0.2, -0.15) is 0 Å². The van der Waals surface area contributed by atoms with Gasteiger partial charge in [0.25, 0.3) is 5.69 Å². The molecule has 0 N–H and O–H groups in total. The van der Waals surface area contributed by atoms with Gasteiger partial charge >= 0.3 is 0 Å². The minimum Gasteiger partial charge on any atom is -0.343 e. The lowest BCUT2D eigenvalue weighted by Gasteiger charge is -2.36. The Balaban J connectivity index is 1.93. The van der Waals surface area contributed by atoms with E-state index in [1.165, 1.54) is 12.1 Å². The number of rotatable bonds is 4. The third-order valence-electron chi connectivity index (χ3n) is 3.76. The molecule has 21 heavy (non-hydrogen) atoms. The Morgan fingerprint density at radius 2 is 2.00 bits per heavy atom. The third-order valence-corrected chi connectivity index (χ3v) is 3.76. The maximum absolute atomic E-state index is 11.9. The Kier molecular flexibility index (Phi) is 4.70. The van der Waals surface area contributed by atoms with Crippen LogP contribution in [0.5, 0.6) is 0 Å². The zero-order valence-electron chi connectivity index (χ0n) is 12.2. The number of nitro benzene ring substituents is 1. The molecule has 1 aliphatic rings. The molecule has 0 aliphatic carbocycles. The minimum absolute atomic E-state index is 0.0884. The number of nitro groups is 1. The average molecular weight is 289 g/mol. The van der Waals surface area contributed by atoms with Crippen LogP contribution in [-0.2, 0) is 4.79 Å². The number of non-ortho nitro benzene ring substituents is 1. The molecule has 1 aromatic carbocycles. The molecule has 1 fully saturated rings. The van der Waals surface area contributed by atoms with Crippen LogP contribution in [0.1, 0.15) is 12.5 Å². The number of carbonyl (C=O) groups excluding carboxylic acids is 1. The second kappa shape index (κ2) is 6.49. The number of piperazine rings is 1. The topological polar surface area (TPSA) is 66.7 Å². The van der Waals surface area contributed by atoms with Crippen molar-refractivity contribution >= 4 is 17.7 Å². The van der Waals surface area contributed by atoms with Crippen molar-refractivity contribution in [3.63, 3.8) is 0 Å². The Morgan fingerprint density at radius 1 is 1.33 bits per heavy atom. The molecular weight excluding hydrogens is 270 g/mol. The fourth-order valence-corrected chi connectivity index (χ4v) is 2.34. The standard InChI is InChI=1S/C15H19N3O3/c1-12-15(19)16(2)10-11-17(12)9-3-4-13-5-7-14(8-6-13)18(20)21/h3-8,12H,9-11H2,1-2H3/b4-3+/t12-/m1/s1. The van der Waals surface area contributed by atoms with Crippen LogP contribution in [0.4, 0.5) is 5.69 Å². The first kappa shape index (κ1) is 15.2. The first-order valence-electron chi connectivity index (χ1n) is 6.89. The fourth-order valence-electron chi connectivity index (χ4n) is 2.34. The highest BCUT2D eigenvalue weighted by Gasteiger charge is 2.28. The molecule has 112 valence electrons. The molecule has 2 rings (SSSR count). The highest BCUT2D eigenvalue weighted by molar-refractivity contribution is 5.82. The molecular formula is C15H19N3O3. The molecule has 0 spiro atoms. The van der Waals surface area contributed by atoms with Crippen LogP contribution >= 0.6 is 0 Å². The van der Waals surface area contributed by atoms with Gasteiger partial charge in [0.05, 0.1) is 11.0 Å². The molecule has 0 unspecified atom stereocenters. The number of amides is 1. The average Bonchev–Trinajstić information content (AvgIpc) is 2.48. The Morgan fingerprint density at radius 3 is 2.62 bits per heavy atom. The van der Waals surface area contributed by atoms with Gasteiger partial charge in [-0.3, -0.25) is 19.8 Å². The normalized spacial score (nSPS) is 20.2. The smallest absolute Gasteiger partial charge is 0.269 e. The number of hydrogen-bond donors (Lipinski definition) is 0. The summed E-state index contributed by atoms with van der Waals surface area (Å²) in [5.41, 5.74) is 0.999. The molecule has 1 aromatic rings. The molecule has 0 saturated carbocycles. The molecule has 6 nitrogen and oxygen atoms in total. The number of benzene rings is 1. The van der Waals surface area contributed by atoms with Gasteiger partial charge in [0.15, 0.2) is 0 Å². The largest absolute Gasteiger partial charge is 0.343 e. The Hall–Kier alpha value is -2.21. The second-order valence-electron chi connectivity index (χ2n) is 5.18. The quantitative estimate of drug-likeness (QED) is 0.626. The van der Waals surface area contributed by atoms with Crippen molar-refractivity contribution in [1.29, 1.82) is 0 Å². The predicted molar refractivity (Wildman–Crippen MR) is 80.8 cm³/mol. The molecule has 6 heteroatoms. The van der Waals surface area contributed by atoms with E-state index in [2.05, 4.69) is 4.90 Å². The summed E-state index contributed by atoms with van der Waals surface area (Å²) in [6, 6.07) is 6.30. The molecule has 1 aliphatic heterocycles. The Bertz CT molecular complexity index is 554. The van der Waals surface area contributed by atoms with E-state index in [-0.39, 0.29) is 17.6 Å². The lowest BCUT2D eigenvalue weighted by molar-refractivity contribution is -0.384. The number of nitrogens with zero attached hydrogens (tertiary/aromatic N) is 3. The maximum Gasteiger partial charge on any atom is 0.269 e. The highest BCUT2D eigenvalue weighted by Crippen LogP contribution is 2.14. The summed E-state index contributed by atoms with van der Waals surface area (Å²) in [4.78, 5) is 25.9. The van der Waals surface area contributed by atoms with Gasteiger partial charge in [-0.25, -0.2) is 0 Å². The van der Waals surface area contributed by atoms with Gasteiger partial charge in [0.2, 0.25) is 5.91 Å². The van der Waals surface area contributed by atoms with Gasteiger partial charge in [-0.05, 0) is 24.6 Å². The number of carbonyl (C=O) groups is 1. The first-order valence-corrected chi connectivity index (χ1v) is 6.89. The molecule has 1 amide bonds. The summed E-state index contributed by atoms with van der Waals surface area (Å²) in [7, 11) is 1.82. The van der Waals surface area contributed by atoms with Crippen LogP contribution in [0.15, 0.2) is 30.3 Å². The van der Waals surface area contributed by atoms with Crippen molar-refractivity contribution < 1.29 is 9.72 Å². The molecule has 1 saturated heterocycles. The lowest BCUT2D eigenvalue weighted by Crippen LogP contribution is -2.54. The van der Waals surface area contributed by atoms with E-state index >= 15 is 0 Å². The van der Waals surface area contributed by atoms with Crippen molar-refractivity contribution in [2.45, 2.75) is 13.0 Å². The van der Waals surface area contributed by atoms with E-state index in [0.29, 0.717) is 6.54 Å². The fraction of sp³-hybridized carbons (Fsp3) is 0.400. The van der Waals surface area contributed by atoms with Gasteiger partial charge < -0.3 is 4.90 Å². The minimum atomic E-state index is -0.412. The van der Waals surface area contributed by atoms with Crippen molar-refractivity contribution in [3.8, 4) is 0 Å². The van der Waals surface area contributed by atoms with Crippen LogP contribution in [0.25, 0.3) is 6.08 Å². The number of likely N-dealkylation sites (N-methyl/N-ethyl adjacent to an activating group) is 1. The van der Waals surface area contributed by atoms with E-state index in [0.717, 1.165) is 18.7 Å². The van der Waals surface area contributed by atoms with Crippen LogP contribution in [-0.4, -0.2) is 53.4 Å². The lowest BCUT2D eigenvalue weighted by atomic mass is 10.1. The molecule has 1 heterocycles. The second-order valence-corrected chi connectivity index (χ2v) is 5.18. The van der Waals surface area contributed by atoms with Gasteiger partial charge in [0.1, 0.15) is 0 Å². The summed E-state index contributed by atoms with van der Waals surface area (Å²) < 4.78 is 0. The van der Waals surface area contributed by atoms with Crippen LogP contribution in [0.3, 0.4) is 0 Å². The Labute approximate surface area is 123 Å². The van der Waals surface area contributed by atoms with E-state index in [9.17, 15) is 14.9 Å². The monoisotopic (exact) mass is 289 g/mol. The first-order chi connectivity index (χ1) is 9.99. The van der Waals surface area contributed by atoms with E-state index in [1.807, 2.05) is 26.1 Å².